The van der Waals surface area contributed by atoms with Crippen LogP contribution in [0.2, 0.25) is 0 Å². The number of methoxy groups -OCH3 is 1. The summed E-state index contributed by atoms with van der Waals surface area (Å²) in [4.78, 5) is 12.8. The highest BCUT2D eigenvalue weighted by Gasteiger charge is 2.21. The Kier molecular flexibility index (Phi) is 6.91. The van der Waals surface area contributed by atoms with Crippen LogP contribution in [0.15, 0.2) is 42.6 Å². The molecule has 0 bridgehead atoms. The number of rotatable bonds is 5. The molecule has 6 heteroatoms. The second-order valence-corrected chi connectivity index (χ2v) is 6.22. The van der Waals surface area contributed by atoms with Crippen molar-refractivity contribution < 1.29 is 9.53 Å². The molecule has 136 valence electrons. The summed E-state index contributed by atoms with van der Waals surface area (Å²) >= 11 is 0. The molecule has 25 heavy (non-hydrogen) atoms. The summed E-state index contributed by atoms with van der Waals surface area (Å²) in [6, 6.07) is 11.9. The molecule has 3 rings (SSSR count). The maximum Gasteiger partial charge on any atom is 0.268 e. The first-order valence-electron chi connectivity index (χ1n) is 8.52. The Hall–Kier alpha value is -1.98. The molecule has 2 aromatic rings. The zero-order chi connectivity index (χ0) is 16.9. The van der Waals surface area contributed by atoms with Crippen LogP contribution < -0.4 is 15.4 Å². The number of carbonyl (C=O) groups excluding carboxylic acids is 1. The number of para-hydroxylation sites is 1. The van der Waals surface area contributed by atoms with E-state index in [0.29, 0.717) is 6.04 Å². The van der Waals surface area contributed by atoms with Crippen molar-refractivity contribution >= 4 is 18.3 Å². The minimum Gasteiger partial charge on any atom is -0.496 e. The van der Waals surface area contributed by atoms with E-state index in [-0.39, 0.29) is 24.4 Å². The van der Waals surface area contributed by atoms with Crippen LogP contribution >= 0.6 is 12.4 Å². The topological polar surface area (TPSA) is 55.3 Å². The third kappa shape index (κ3) is 4.35. The van der Waals surface area contributed by atoms with Gasteiger partial charge < -0.3 is 19.9 Å². The highest BCUT2D eigenvalue weighted by Crippen LogP contribution is 2.25. The van der Waals surface area contributed by atoms with Crippen LogP contribution in [0.5, 0.6) is 5.75 Å². The third-order valence-corrected chi connectivity index (χ3v) is 4.67. The largest absolute Gasteiger partial charge is 0.496 e. The van der Waals surface area contributed by atoms with E-state index in [2.05, 4.69) is 15.2 Å². The van der Waals surface area contributed by atoms with Gasteiger partial charge in [-0.2, -0.15) is 0 Å². The van der Waals surface area contributed by atoms with E-state index >= 15 is 0 Å². The van der Waals surface area contributed by atoms with Gasteiger partial charge in [0.25, 0.3) is 5.91 Å². The van der Waals surface area contributed by atoms with E-state index in [4.69, 9.17) is 4.74 Å². The van der Waals surface area contributed by atoms with Gasteiger partial charge >= 0.3 is 0 Å². The lowest BCUT2D eigenvalue weighted by Gasteiger charge is -2.26. The number of amides is 1. The van der Waals surface area contributed by atoms with Crippen LogP contribution in [-0.2, 0) is 0 Å². The fourth-order valence-corrected chi connectivity index (χ4v) is 3.36. The zero-order valence-electron chi connectivity index (χ0n) is 14.7. The average molecular weight is 364 g/mol. The first kappa shape index (κ1) is 19.3. The molecule has 0 radical (unpaired) electrons. The molecule has 1 fully saturated rings. The van der Waals surface area contributed by atoms with Crippen LogP contribution in [-0.4, -0.2) is 30.7 Å². The van der Waals surface area contributed by atoms with E-state index < -0.39 is 0 Å². The van der Waals surface area contributed by atoms with Crippen molar-refractivity contribution in [2.24, 2.45) is 0 Å². The second kappa shape index (κ2) is 8.92. The Morgan fingerprint density at radius 3 is 2.68 bits per heavy atom. The maximum atomic E-state index is 12.8. The SMILES string of the molecule is COc1ccccc1C(C)NC(=O)c1cccn1C1CCNCC1.Cl. The summed E-state index contributed by atoms with van der Waals surface area (Å²) in [5.41, 5.74) is 1.71. The minimum atomic E-state index is -0.120. The molecule has 0 saturated carbocycles. The van der Waals surface area contributed by atoms with Gasteiger partial charge in [0.1, 0.15) is 11.4 Å². The number of nitrogens with one attached hydrogen (secondary N) is 2. The quantitative estimate of drug-likeness (QED) is 0.856. The summed E-state index contributed by atoms with van der Waals surface area (Å²) < 4.78 is 7.51. The van der Waals surface area contributed by atoms with Crippen LogP contribution in [0.25, 0.3) is 0 Å². The van der Waals surface area contributed by atoms with Crippen molar-refractivity contribution in [2.75, 3.05) is 20.2 Å². The first-order chi connectivity index (χ1) is 11.7. The average Bonchev–Trinajstić information content (AvgIpc) is 3.12. The van der Waals surface area contributed by atoms with Gasteiger partial charge in [-0.1, -0.05) is 18.2 Å². The summed E-state index contributed by atoms with van der Waals surface area (Å²) in [5, 5.41) is 6.46. The molecule has 1 aliphatic rings. The number of carbonyl (C=O) groups is 1. The number of piperidine rings is 1. The van der Waals surface area contributed by atoms with E-state index in [1.807, 2.05) is 49.5 Å². The Morgan fingerprint density at radius 2 is 1.96 bits per heavy atom. The molecule has 0 spiro atoms. The third-order valence-electron chi connectivity index (χ3n) is 4.67. The number of halogens is 1. The molecule has 0 aliphatic carbocycles. The standard InChI is InChI=1S/C19H25N3O2.ClH/c1-14(16-6-3-4-8-18(16)24-2)21-19(23)17-7-5-13-22(17)15-9-11-20-12-10-15;/h3-8,13-15,20H,9-12H2,1-2H3,(H,21,23);1H. The van der Waals surface area contributed by atoms with Crippen molar-refractivity contribution in [3.63, 3.8) is 0 Å². The van der Waals surface area contributed by atoms with Gasteiger partial charge in [-0.3, -0.25) is 4.79 Å². The summed E-state index contributed by atoms with van der Waals surface area (Å²) in [7, 11) is 1.65. The molecular weight excluding hydrogens is 338 g/mol. The van der Waals surface area contributed by atoms with Gasteiger partial charge in [-0.05, 0) is 51.1 Å². The summed E-state index contributed by atoms with van der Waals surface area (Å²) in [6.45, 7) is 3.98. The Balaban J connectivity index is 0.00000225. The number of aromatic nitrogens is 1. The Morgan fingerprint density at radius 1 is 1.24 bits per heavy atom. The first-order valence-corrected chi connectivity index (χ1v) is 8.52. The smallest absolute Gasteiger partial charge is 0.268 e. The van der Waals surface area contributed by atoms with Gasteiger partial charge in [0, 0.05) is 17.8 Å². The normalized spacial score (nSPS) is 15.9. The van der Waals surface area contributed by atoms with Gasteiger partial charge in [-0.15, -0.1) is 12.4 Å². The Bertz CT molecular complexity index is 695. The number of hydrogen-bond donors (Lipinski definition) is 2. The highest BCUT2D eigenvalue weighted by molar-refractivity contribution is 5.93. The molecule has 1 aliphatic heterocycles. The molecule has 1 aromatic carbocycles. The predicted molar refractivity (Wildman–Crippen MR) is 102 cm³/mol. The van der Waals surface area contributed by atoms with Crippen molar-refractivity contribution in [3.8, 4) is 5.75 Å². The number of hydrogen-bond acceptors (Lipinski definition) is 3. The molecular formula is C19H26ClN3O2. The fraction of sp³-hybridized carbons (Fsp3) is 0.421. The van der Waals surface area contributed by atoms with Crippen LogP contribution in [0.1, 0.15) is 47.9 Å². The van der Waals surface area contributed by atoms with Gasteiger partial charge in [0.15, 0.2) is 0 Å². The van der Waals surface area contributed by atoms with Crippen molar-refractivity contribution in [1.29, 1.82) is 0 Å². The lowest BCUT2D eigenvalue weighted by Crippen LogP contribution is -2.33. The molecule has 1 unspecified atom stereocenters. The maximum absolute atomic E-state index is 12.8. The van der Waals surface area contributed by atoms with Crippen LogP contribution in [0.4, 0.5) is 0 Å². The minimum absolute atomic E-state index is 0. The highest BCUT2D eigenvalue weighted by atomic mass is 35.5. The van der Waals surface area contributed by atoms with E-state index in [0.717, 1.165) is 42.9 Å². The van der Waals surface area contributed by atoms with E-state index in [1.165, 1.54) is 0 Å². The molecule has 1 atom stereocenters. The molecule has 1 saturated heterocycles. The predicted octanol–water partition coefficient (Wildman–Crippen LogP) is 3.33. The van der Waals surface area contributed by atoms with E-state index in [1.54, 1.807) is 7.11 Å². The number of benzene rings is 1. The molecule has 5 nitrogen and oxygen atoms in total. The zero-order valence-corrected chi connectivity index (χ0v) is 15.5. The van der Waals surface area contributed by atoms with E-state index in [9.17, 15) is 4.79 Å². The monoisotopic (exact) mass is 363 g/mol. The summed E-state index contributed by atoms with van der Waals surface area (Å²) in [5.74, 6) is 0.746. The number of ether oxygens (including phenoxy) is 1. The van der Waals surface area contributed by atoms with Crippen LogP contribution in [0, 0.1) is 0 Å². The summed E-state index contributed by atoms with van der Waals surface area (Å²) in [6.07, 6.45) is 4.12. The Labute approximate surface area is 155 Å². The van der Waals surface area contributed by atoms with Gasteiger partial charge in [0.2, 0.25) is 0 Å². The van der Waals surface area contributed by atoms with Gasteiger partial charge in [0.05, 0.1) is 13.2 Å². The molecule has 2 N–H and O–H groups in total. The van der Waals surface area contributed by atoms with Gasteiger partial charge in [-0.25, -0.2) is 0 Å². The molecule has 1 amide bonds. The van der Waals surface area contributed by atoms with Crippen molar-refractivity contribution in [2.45, 2.75) is 31.8 Å². The van der Waals surface area contributed by atoms with Crippen molar-refractivity contribution in [3.05, 3.63) is 53.9 Å². The lowest BCUT2D eigenvalue weighted by molar-refractivity contribution is 0.0926. The lowest BCUT2D eigenvalue weighted by atomic mass is 10.1. The molecule has 2 heterocycles. The van der Waals surface area contributed by atoms with Crippen molar-refractivity contribution in [1.82, 2.24) is 15.2 Å². The second-order valence-electron chi connectivity index (χ2n) is 6.22. The van der Waals surface area contributed by atoms with Crippen LogP contribution in [0.3, 0.4) is 0 Å². The number of nitrogens with zero attached hydrogens (tertiary/aromatic N) is 1. The fourth-order valence-electron chi connectivity index (χ4n) is 3.36. The molecule has 1 aromatic heterocycles.